The third kappa shape index (κ3) is 3.04. The molecule has 2 amide bonds. The second kappa shape index (κ2) is 5.08. The van der Waals surface area contributed by atoms with Crippen molar-refractivity contribution < 1.29 is 9.59 Å². The van der Waals surface area contributed by atoms with Crippen LogP contribution in [0.15, 0.2) is 6.20 Å². The summed E-state index contributed by atoms with van der Waals surface area (Å²) < 4.78 is 0. The fraction of sp³-hybridized carbons (Fsp3) is 0.500. The third-order valence-corrected chi connectivity index (χ3v) is 1.74. The topological polar surface area (TPSA) is 91.0 Å². The highest BCUT2D eigenvalue weighted by Gasteiger charge is 2.16. The van der Waals surface area contributed by atoms with Crippen LogP contribution in [0.2, 0.25) is 0 Å². The van der Waals surface area contributed by atoms with Crippen molar-refractivity contribution in [1.29, 1.82) is 0 Å². The van der Waals surface area contributed by atoms with Gasteiger partial charge < -0.3 is 10.2 Å². The van der Waals surface area contributed by atoms with E-state index in [-0.39, 0.29) is 24.1 Å². The van der Waals surface area contributed by atoms with Gasteiger partial charge in [0.05, 0.1) is 12.7 Å². The van der Waals surface area contributed by atoms with E-state index in [1.54, 1.807) is 0 Å². The van der Waals surface area contributed by atoms with Crippen LogP contribution < -0.4 is 5.32 Å². The number of nitrogens with one attached hydrogen (secondary N) is 2. The Kier molecular flexibility index (Phi) is 3.78. The number of carbonyl (C=O) groups is 2. The zero-order chi connectivity index (χ0) is 11.3. The van der Waals surface area contributed by atoms with Crippen LogP contribution in [-0.4, -0.2) is 52.3 Å². The number of aromatic amines is 1. The van der Waals surface area contributed by atoms with Crippen LogP contribution in [0.3, 0.4) is 0 Å². The van der Waals surface area contributed by atoms with Crippen molar-refractivity contribution >= 4 is 11.8 Å². The van der Waals surface area contributed by atoms with Crippen molar-refractivity contribution in [2.24, 2.45) is 0 Å². The lowest BCUT2D eigenvalue weighted by Gasteiger charge is -2.14. The van der Waals surface area contributed by atoms with E-state index in [1.165, 1.54) is 18.1 Å². The molecule has 7 heteroatoms. The summed E-state index contributed by atoms with van der Waals surface area (Å²) in [6, 6.07) is 0. The molecule has 1 heterocycles. The summed E-state index contributed by atoms with van der Waals surface area (Å²) in [5.74, 6) is -0.535. The van der Waals surface area contributed by atoms with E-state index in [2.05, 4.69) is 20.7 Å². The maximum Gasteiger partial charge on any atom is 0.276 e. The molecule has 0 fully saturated rings. The Balaban J connectivity index is 2.51. The van der Waals surface area contributed by atoms with Gasteiger partial charge in [-0.05, 0) is 6.92 Å². The summed E-state index contributed by atoms with van der Waals surface area (Å²) in [4.78, 5) is 24.0. The number of carbonyl (C=O) groups excluding carboxylic acids is 2. The largest absolute Gasteiger partial charge is 0.355 e. The molecule has 0 saturated heterocycles. The molecule has 1 aromatic heterocycles. The molecule has 15 heavy (non-hydrogen) atoms. The van der Waals surface area contributed by atoms with Crippen molar-refractivity contribution in [2.45, 2.75) is 6.92 Å². The van der Waals surface area contributed by atoms with Crippen molar-refractivity contribution in [3.8, 4) is 0 Å². The first-order chi connectivity index (χ1) is 7.15. The first kappa shape index (κ1) is 11.2. The van der Waals surface area contributed by atoms with Crippen molar-refractivity contribution in [3.63, 3.8) is 0 Å². The second-order valence-electron chi connectivity index (χ2n) is 2.97. The van der Waals surface area contributed by atoms with Gasteiger partial charge in [0.2, 0.25) is 5.91 Å². The van der Waals surface area contributed by atoms with Crippen LogP contribution in [-0.2, 0) is 4.79 Å². The molecule has 0 radical (unpaired) electrons. The minimum atomic E-state index is -0.338. The van der Waals surface area contributed by atoms with Crippen molar-refractivity contribution in [1.82, 2.24) is 25.6 Å². The standard InChI is InChI=1S/C8H13N5O2/c1-3-9-7(14)5-13(2)8(15)6-4-10-12-11-6/h4H,3,5H2,1-2H3,(H,9,14)(H,10,11,12). The third-order valence-electron chi connectivity index (χ3n) is 1.74. The molecule has 2 N–H and O–H groups in total. The molecule has 7 nitrogen and oxygen atoms in total. The lowest BCUT2D eigenvalue weighted by molar-refractivity contribution is -0.121. The molecule has 0 bridgehead atoms. The summed E-state index contributed by atoms with van der Waals surface area (Å²) >= 11 is 0. The van der Waals surface area contributed by atoms with Gasteiger partial charge in [0, 0.05) is 13.6 Å². The Hall–Kier alpha value is -1.92. The predicted molar refractivity (Wildman–Crippen MR) is 52.0 cm³/mol. The van der Waals surface area contributed by atoms with Gasteiger partial charge in [-0.3, -0.25) is 9.59 Å². The minimum Gasteiger partial charge on any atom is -0.355 e. The summed E-state index contributed by atoms with van der Waals surface area (Å²) in [6.07, 6.45) is 1.32. The minimum absolute atomic E-state index is 0.0134. The Bertz CT molecular complexity index is 335. The Morgan fingerprint density at radius 2 is 2.33 bits per heavy atom. The highest BCUT2D eigenvalue weighted by molar-refractivity contribution is 5.94. The lowest BCUT2D eigenvalue weighted by atomic mass is 10.4. The van der Waals surface area contributed by atoms with E-state index < -0.39 is 0 Å². The first-order valence-corrected chi connectivity index (χ1v) is 4.53. The van der Waals surface area contributed by atoms with Gasteiger partial charge in [-0.2, -0.15) is 15.4 Å². The smallest absolute Gasteiger partial charge is 0.276 e. The number of rotatable bonds is 4. The van der Waals surface area contributed by atoms with Crippen molar-refractivity contribution in [3.05, 3.63) is 11.9 Å². The summed E-state index contributed by atoms with van der Waals surface area (Å²) in [6.45, 7) is 2.38. The van der Waals surface area contributed by atoms with Gasteiger partial charge in [0.25, 0.3) is 5.91 Å². The zero-order valence-corrected chi connectivity index (χ0v) is 8.65. The molecule has 1 aromatic rings. The maximum absolute atomic E-state index is 11.6. The fourth-order valence-electron chi connectivity index (χ4n) is 1.04. The van der Waals surface area contributed by atoms with Gasteiger partial charge in [-0.15, -0.1) is 0 Å². The number of nitrogens with zero attached hydrogens (tertiary/aromatic N) is 3. The van der Waals surface area contributed by atoms with E-state index >= 15 is 0 Å². The van der Waals surface area contributed by atoms with E-state index in [9.17, 15) is 9.59 Å². The molecule has 0 spiro atoms. The number of hydrogen-bond acceptors (Lipinski definition) is 4. The predicted octanol–water partition coefficient (Wildman–Crippen LogP) is -0.987. The SMILES string of the molecule is CCNC(=O)CN(C)C(=O)c1cn[nH]n1. The van der Waals surface area contributed by atoms with E-state index in [0.717, 1.165) is 0 Å². The average molecular weight is 211 g/mol. The number of hydrogen-bond donors (Lipinski definition) is 2. The van der Waals surface area contributed by atoms with Crippen LogP contribution in [0.1, 0.15) is 17.4 Å². The van der Waals surface area contributed by atoms with Crippen molar-refractivity contribution in [2.75, 3.05) is 20.1 Å². The van der Waals surface area contributed by atoms with Crippen LogP contribution >= 0.6 is 0 Å². The van der Waals surface area contributed by atoms with E-state index in [0.29, 0.717) is 6.54 Å². The zero-order valence-electron chi connectivity index (χ0n) is 8.65. The molecule has 0 saturated carbocycles. The maximum atomic E-state index is 11.6. The molecule has 82 valence electrons. The average Bonchev–Trinajstić information content (AvgIpc) is 2.69. The number of H-pyrrole nitrogens is 1. The van der Waals surface area contributed by atoms with Gasteiger partial charge in [0.15, 0.2) is 5.69 Å². The number of amides is 2. The summed E-state index contributed by atoms with van der Waals surface area (Å²) in [7, 11) is 1.53. The Morgan fingerprint density at radius 3 is 2.87 bits per heavy atom. The molecular formula is C8H13N5O2. The lowest BCUT2D eigenvalue weighted by Crippen LogP contribution is -2.38. The molecular weight excluding hydrogens is 198 g/mol. The van der Waals surface area contributed by atoms with Gasteiger partial charge in [-0.1, -0.05) is 0 Å². The monoisotopic (exact) mass is 211 g/mol. The normalized spacial score (nSPS) is 9.73. The highest BCUT2D eigenvalue weighted by Crippen LogP contribution is 1.95. The molecule has 0 aromatic carbocycles. The quantitative estimate of drug-likeness (QED) is 0.669. The second-order valence-corrected chi connectivity index (χ2v) is 2.97. The molecule has 0 atom stereocenters. The van der Waals surface area contributed by atoms with Crippen LogP contribution in [0.5, 0.6) is 0 Å². The Morgan fingerprint density at radius 1 is 1.60 bits per heavy atom. The molecule has 0 aliphatic heterocycles. The van der Waals surface area contributed by atoms with Crippen LogP contribution in [0.4, 0.5) is 0 Å². The van der Waals surface area contributed by atoms with Gasteiger partial charge >= 0.3 is 0 Å². The van der Waals surface area contributed by atoms with E-state index in [1.807, 2.05) is 6.92 Å². The summed E-state index contributed by atoms with van der Waals surface area (Å²) in [5.41, 5.74) is 0.196. The van der Waals surface area contributed by atoms with Gasteiger partial charge in [0.1, 0.15) is 0 Å². The number of aromatic nitrogens is 3. The molecule has 1 rings (SSSR count). The van der Waals surface area contributed by atoms with Gasteiger partial charge in [-0.25, -0.2) is 0 Å². The molecule has 0 unspecified atom stereocenters. The highest BCUT2D eigenvalue weighted by atomic mass is 16.2. The van der Waals surface area contributed by atoms with E-state index in [4.69, 9.17) is 0 Å². The fourth-order valence-corrected chi connectivity index (χ4v) is 1.04. The Labute approximate surface area is 86.8 Å². The summed E-state index contributed by atoms with van der Waals surface area (Å²) in [5, 5.41) is 12.1. The van der Waals surface area contributed by atoms with Crippen LogP contribution in [0.25, 0.3) is 0 Å². The first-order valence-electron chi connectivity index (χ1n) is 4.53. The molecule has 0 aliphatic rings. The number of likely N-dealkylation sites (N-methyl/N-ethyl adjacent to an activating group) is 2. The molecule has 0 aliphatic carbocycles. The van der Waals surface area contributed by atoms with Crippen LogP contribution in [0, 0.1) is 0 Å².